The molecule has 6 heteroatoms. The van der Waals surface area contributed by atoms with Gasteiger partial charge in [-0.1, -0.05) is 12.1 Å². The number of methoxy groups -OCH3 is 1. The van der Waals surface area contributed by atoms with Crippen molar-refractivity contribution < 1.29 is 29.6 Å². The van der Waals surface area contributed by atoms with Gasteiger partial charge in [-0.15, -0.1) is 0 Å². The van der Waals surface area contributed by atoms with Gasteiger partial charge in [-0.2, -0.15) is 0 Å². The molecular weight excluding hydrogens is 288 g/mol. The molecule has 2 aromatic rings. The minimum Gasteiger partial charge on any atom is -0.508 e. The second kappa shape index (κ2) is 5.23. The highest BCUT2D eigenvalue weighted by molar-refractivity contribution is 5.92. The van der Waals surface area contributed by atoms with Crippen molar-refractivity contribution in [1.29, 1.82) is 0 Å². The predicted octanol–water partition coefficient (Wildman–Crippen LogP) is 2.19. The van der Waals surface area contributed by atoms with Gasteiger partial charge in [0.05, 0.1) is 5.56 Å². The maximum Gasteiger partial charge on any atom is 0.211 e. The lowest BCUT2D eigenvalue weighted by atomic mass is 9.92. The molecule has 3 rings (SSSR count). The van der Waals surface area contributed by atoms with Gasteiger partial charge >= 0.3 is 0 Å². The fourth-order valence-corrected chi connectivity index (χ4v) is 2.58. The molecule has 0 bridgehead atoms. The van der Waals surface area contributed by atoms with Crippen molar-refractivity contribution in [2.75, 3.05) is 7.11 Å². The van der Waals surface area contributed by atoms with Crippen molar-refractivity contribution in [3.05, 3.63) is 47.5 Å². The highest BCUT2D eigenvalue weighted by Crippen LogP contribution is 2.46. The summed E-state index contributed by atoms with van der Waals surface area (Å²) in [7, 11) is 1.35. The van der Waals surface area contributed by atoms with Crippen LogP contribution in [0.5, 0.6) is 23.0 Å². The Bertz CT molecular complexity index is 739. The number of ketones is 1. The Balaban J connectivity index is 2.11. The highest BCUT2D eigenvalue weighted by Gasteiger charge is 2.40. The van der Waals surface area contributed by atoms with Gasteiger partial charge in [0.15, 0.2) is 12.2 Å². The molecule has 0 amide bonds. The Labute approximate surface area is 126 Å². The van der Waals surface area contributed by atoms with Crippen LogP contribution in [0.4, 0.5) is 0 Å². The first-order valence-corrected chi connectivity index (χ1v) is 6.59. The minimum atomic E-state index is -1.02. The molecule has 6 nitrogen and oxygen atoms in total. The van der Waals surface area contributed by atoms with E-state index in [0.29, 0.717) is 5.56 Å². The van der Waals surface area contributed by atoms with Crippen LogP contribution >= 0.6 is 0 Å². The van der Waals surface area contributed by atoms with Crippen molar-refractivity contribution in [2.45, 2.75) is 12.2 Å². The summed E-state index contributed by atoms with van der Waals surface area (Å²) in [4.78, 5) is 12.6. The molecule has 0 aliphatic carbocycles. The molecule has 2 atom stereocenters. The lowest BCUT2D eigenvalue weighted by Crippen LogP contribution is -2.31. The van der Waals surface area contributed by atoms with Crippen molar-refractivity contribution in [2.24, 2.45) is 0 Å². The Morgan fingerprint density at radius 3 is 2.55 bits per heavy atom. The SMILES string of the molecule is COC1C(=O)C(c2cccc(O)c2)Oc2cc(O)cc(O)c21. The fraction of sp³-hybridized carbons (Fsp3) is 0.188. The van der Waals surface area contributed by atoms with E-state index in [4.69, 9.17) is 9.47 Å². The third-order valence-electron chi connectivity index (χ3n) is 3.54. The number of carbonyl (C=O) groups is 1. The number of phenols is 3. The Morgan fingerprint density at radius 1 is 1.09 bits per heavy atom. The maximum atomic E-state index is 12.6. The van der Waals surface area contributed by atoms with Crippen LogP contribution in [-0.2, 0) is 9.53 Å². The number of hydrogen-bond donors (Lipinski definition) is 3. The second-order valence-corrected chi connectivity index (χ2v) is 4.99. The minimum absolute atomic E-state index is 0.00687. The molecule has 22 heavy (non-hydrogen) atoms. The van der Waals surface area contributed by atoms with E-state index in [0.717, 1.165) is 6.07 Å². The Kier molecular flexibility index (Phi) is 3.38. The second-order valence-electron chi connectivity index (χ2n) is 4.99. The van der Waals surface area contributed by atoms with E-state index in [9.17, 15) is 20.1 Å². The average molecular weight is 302 g/mol. The van der Waals surface area contributed by atoms with Crippen molar-refractivity contribution in [3.8, 4) is 23.0 Å². The van der Waals surface area contributed by atoms with E-state index in [-0.39, 0.29) is 28.6 Å². The number of ether oxygens (including phenoxy) is 2. The van der Waals surface area contributed by atoms with Crippen LogP contribution in [0, 0.1) is 0 Å². The normalized spacial score (nSPS) is 20.3. The molecule has 0 fully saturated rings. The topological polar surface area (TPSA) is 96.2 Å². The van der Waals surface area contributed by atoms with Gasteiger partial charge in [0.1, 0.15) is 23.0 Å². The first kappa shape index (κ1) is 14.2. The van der Waals surface area contributed by atoms with Crippen LogP contribution in [0.1, 0.15) is 23.3 Å². The zero-order chi connectivity index (χ0) is 15.9. The number of Topliss-reactive ketones (excluding diaryl/α,β-unsaturated/α-hetero) is 1. The van der Waals surface area contributed by atoms with Crippen LogP contribution in [0.15, 0.2) is 36.4 Å². The summed E-state index contributed by atoms with van der Waals surface area (Å²) in [5.41, 5.74) is 0.641. The molecular formula is C16H14O6. The largest absolute Gasteiger partial charge is 0.508 e. The summed E-state index contributed by atoms with van der Waals surface area (Å²) in [5.74, 6) is -0.689. The van der Waals surface area contributed by atoms with Gasteiger partial charge in [0.25, 0.3) is 0 Å². The van der Waals surface area contributed by atoms with Crippen LogP contribution in [0.25, 0.3) is 0 Å². The third kappa shape index (κ3) is 2.23. The molecule has 0 radical (unpaired) electrons. The van der Waals surface area contributed by atoms with Gasteiger partial charge < -0.3 is 24.8 Å². The molecule has 1 aliphatic rings. The van der Waals surface area contributed by atoms with E-state index in [1.54, 1.807) is 12.1 Å². The zero-order valence-electron chi connectivity index (χ0n) is 11.7. The lowest BCUT2D eigenvalue weighted by molar-refractivity contribution is -0.139. The van der Waals surface area contributed by atoms with Crippen LogP contribution in [0.3, 0.4) is 0 Å². The number of hydrogen-bond acceptors (Lipinski definition) is 6. The number of aromatic hydroxyl groups is 3. The van der Waals surface area contributed by atoms with Gasteiger partial charge in [-0.3, -0.25) is 4.79 Å². The van der Waals surface area contributed by atoms with E-state index < -0.39 is 18.0 Å². The zero-order valence-corrected chi connectivity index (χ0v) is 11.7. The van der Waals surface area contributed by atoms with Crippen LogP contribution in [-0.4, -0.2) is 28.2 Å². The van der Waals surface area contributed by atoms with Crippen molar-refractivity contribution in [1.82, 2.24) is 0 Å². The average Bonchev–Trinajstić information content (AvgIpc) is 2.47. The van der Waals surface area contributed by atoms with Crippen molar-refractivity contribution >= 4 is 5.78 Å². The quantitative estimate of drug-likeness (QED) is 0.787. The number of rotatable bonds is 2. The molecule has 3 N–H and O–H groups in total. The molecule has 1 heterocycles. The summed E-state index contributed by atoms with van der Waals surface area (Å²) in [6, 6.07) is 8.57. The summed E-state index contributed by atoms with van der Waals surface area (Å²) < 4.78 is 10.8. The number of phenolic OH excluding ortho intramolecular Hbond substituents is 3. The third-order valence-corrected chi connectivity index (χ3v) is 3.54. The van der Waals surface area contributed by atoms with E-state index >= 15 is 0 Å². The van der Waals surface area contributed by atoms with Gasteiger partial charge in [-0.05, 0) is 12.1 Å². The van der Waals surface area contributed by atoms with Gasteiger partial charge in [0.2, 0.25) is 5.78 Å². The number of benzene rings is 2. The number of carbonyl (C=O) groups excluding carboxylic acids is 1. The predicted molar refractivity (Wildman–Crippen MR) is 76.0 cm³/mol. The lowest BCUT2D eigenvalue weighted by Gasteiger charge is -2.30. The van der Waals surface area contributed by atoms with E-state index in [1.807, 2.05) is 0 Å². The van der Waals surface area contributed by atoms with Crippen molar-refractivity contribution in [3.63, 3.8) is 0 Å². The molecule has 0 spiro atoms. The molecule has 0 saturated carbocycles. The molecule has 0 aromatic heterocycles. The maximum absolute atomic E-state index is 12.6. The first-order chi connectivity index (χ1) is 10.5. The van der Waals surface area contributed by atoms with Crippen LogP contribution in [0.2, 0.25) is 0 Å². The monoisotopic (exact) mass is 302 g/mol. The van der Waals surface area contributed by atoms with Gasteiger partial charge in [0, 0.05) is 24.8 Å². The standard InChI is InChI=1S/C16H14O6/c1-21-16-13-11(19)6-10(18)7-12(13)22-15(14(16)20)8-3-2-4-9(17)5-8/h2-7,15-19H,1H3. The molecule has 2 unspecified atom stereocenters. The van der Waals surface area contributed by atoms with E-state index in [1.165, 1.54) is 25.3 Å². The smallest absolute Gasteiger partial charge is 0.211 e. The number of fused-ring (bicyclic) bond motifs is 1. The summed E-state index contributed by atoms with van der Waals surface area (Å²) in [6.07, 6.45) is -2.01. The van der Waals surface area contributed by atoms with Crippen LogP contribution < -0.4 is 4.74 Å². The fourth-order valence-electron chi connectivity index (χ4n) is 2.58. The summed E-state index contributed by atoms with van der Waals surface area (Å²) in [5, 5.41) is 29.1. The molecule has 1 aliphatic heterocycles. The molecule has 114 valence electrons. The molecule has 0 saturated heterocycles. The molecule has 2 aromatic carbocycles. The highest BCUT2D eigenvalue weighted by atomic mass is 16.5. The Hall–Kier alpha value is -2.73. The summed E-state index contributed by atoms with van der Waals surface area (Å²) in [6.45, 7) is 0. The Morgan fingerprint density at radius 2 is 1.86 bits per heavy atom. The van der Waals surface area contributed by atoms with E-state index in [2.05, 4.69) is 0 Å². The summed E-state index contributed by atoms with van der Waals surface area (Å²) >= 11 is 0. The first-order valence-electron chi connectivity index (χ1n) is 6.59. The van der Waals surface area contributed by atoms with Gasteiger partial charge in [-0.25, -0.2) is 0 Å².